The Kier molecular flexibility index (Phi) is 4.16. The summed E-state index contributed by atoms with van der Waals surface area (Å²) in [6.07, 6.45) is 0.523. The molecule has 2 rings (SSSR count). The van der Waals surface area contributed by atoms with Crippen LogP contribution >= 0.6 is 11.6 Å². The van der Waals surface area contributed by atoms with Crippen molar-refractivity contribution in [1.82, 2.24) is 10.2 Å². The topological polar surface area (TPSA) is 76.2 Å². The van der Waals surface area contributed by atoms with Crippen molar-refractivity contribution in [3.63, 3.8) is 0 Å². The van der Waals surface area contributed by atoms with Gasteiger partial charge in [-0.05, 0) is 24.1 Å². The molecule has 2 aromatic rings. The normalized spacial score (nSPS) is 12.3. The largest absolute Gasteiger partial charge is 0.481 e. The Bertz CT molecular complexity index is 583. The van der Waals surface area contributed by atoms with Gasteiger partial charge in [-0.15, -0.1) is 10.2 Å². The maximum Gasteiger partial charge on any atom is 0.303 e. The molecule has 0 saturated carbocycles. The Morgan fingerprint density at radius 3 is 2.95 bits per heavy atom. The van der Waals surface area contributed by atoms with E-state index in [0.717, 1.165) is 5.56 Å². The van der Waals surface area contributed by atoms with Gasteiger partial charge in [0, 0.05) is 23.4 Å². The highest BCUT2D eigenvalue weighted by atomic mass is 35.5. The molecule has 5 nitrogen and oxygen atoms in total. The SMILES string of the molecule is CC(CC(=O)O)Cc1nnc(-c2cccc(Cl)c2)o1. The van der Waals surface area contributed by atoms with Crippen LogP contribution in [0.25, 0.3) is 11.5 Å². The number of aliphatic carboxylic acids is 1. The minimum Gasteiger partial charge on any atom is -0.481 e. The van der Waals surface area contributed by atoms with Crippen LogP contribution in [0.1, 0.15) is 19.2 Å². The van der Waals surface area contributed by atoms with Gasteiger partial charge >= 0.3 is 5.97 Å². The molecule has 1 N–H and O–H groups in total. The van der Waals surface area contributed by atoms with Gasteiger partial charge in [0.05, 0.1) is 0 Å². The van der Waals surface area contributed by atoms with Gasteiger partial charge < -0.3 is 9.52 Å². The Morgan fingerprint density at radius 2 is 2.26 bits per heavy atom. The highest BCUT2D eigenvalue weighted by molar-refractivity contribution is 6.30. The number of hydrogen-bond acceptors (Lipinski definition) is 4. The molecule has 0 amide bonds. The number of halogens is 1. The van der Waals surface area contributed by atoms with Gasteiger partial charge in [-0.1, -0.05) is 24.6 Å². The molecule has 1 aromatic heterocycles. The zero-order valence-electron chi connectivity index (χ0n) is 10.3. The highest BCUT2D eigenvalue weighted by Crippen LogP contribution is 2.22. The van der Waals surface area contributed by atoms with E-state index in [2.05, 4.69) is 10.2 Å². The van der Waals surface area contributed by atoms with Crippen LogP contribution in [0.2, 0.25) is 5.02 Å². The van der Waals surface area contributed by atoms with Gasteiger partial charge in [0.2, 0.25) is 11.8 Å². The van der Waals surface area contributed by atoms with E-state index < -0.39 is 5.97 Å². The molecule has 0 spiro atoms. The Morgan fingerprint density at radius 1 is 1.47 bits per heavy atom. The summed E-state index contributed by atoms with van der Waals surface area (Å²) in [4.78, 5) is 10.6. The first-order chi connectivity index (χ1) is 9.04. The zero-order valence-corrected chi connectivity index (χ0v) is 11.1. The lowest BCUT2D eigenvalue weighted by Gasteiger charge is -2.03. The van der Waals surface area contributed by atoms with Crippen molar-refractivity contribution in [2.45, 2.75) is 19.8 Å². The lowest BCUT2D eigenvalue weighted by atomic mass is 10.0. The number of carbonyl (C=O) groups is 1. The number of carboxylic acids is 1. The second-order valence-corrected chi connectivity index (χ2v) is 4.85. The summed E-state index contributed by atoms with van der Waals surface area (Å²) in [7, 11) is 0. The van der Waals surface area contributed by atoms with Gasteiger partial charge in [0.15, 0.2) is 0 Å². The maximum absolute atomic E-state index is 10.6. The van der Waals surface area contributed by atoms with E-state index in [0.29, 0.717) is 23.2 Å². The predicted octanol–water partition coefficient (Wildman–Crippen LogP) is 3.04. The Hall–Kier alpha value is -1.88. The van der Waals surface area contributed by atoms with Gasteiger partial charge in [-0.3, -0.25) is 4.79 Å². The molecule has 1 atom stereocenters. The average Bonchev–Trinajstić information content (AvgIpc) is 2.76. The van der Waals surface area contributed by atoms with Gasteiger partial charge in [-0.2, -0.15) is 0 Å². The van der Waals surface area contributed by atoms with E-state index in [1.54, 1.807) is 18.2 Å². The number of aromatic nitrogens is 2. The fraction of sp³-hybridized carbons (Fsp3) is 0.308. The Balaban J connectivity index is 2.09. The molecule has 1 heterocycles. The summed E-state index contributed by atoms with van der Waals surface area (Å²) in [6, 6.07) is 7.12. The van der Waals surface area contributed by atoms with Crippen LogP contribution in [0.5, 0.6) is 0 Å². The summed E-state index contributed by atoms with van der Waals surface area (Å²) in [5, 5.41) is 17.1. The summed E-state index contributed by atoms with van der Waals surface area (Å²) >= 11 is 5.89. The van der Waals surface area contributed by atoms with E-state index in [1.165, 1.54) is 0 Å². The molecular weight excluding hydrogens is 268 g/mol. The number of rotatable bonds is 5. The molecular formula is C13H13ClN2O3. The third kappa shape index (κ3) is 3.79. The number of nitrogens with zero attached hydrogens (tertiary/aromatic N) is 2. The molecule has 6 heteroatoms. The lowest BCUT2D eigenvalue weighted by Crippen LogP contribution is -2.07. The van der Waals surface area contributed by atoms with Crippen LogP contribution in [0.3, 0.4) is 0 Å². The molecule has 100 valence electrons. The summed E-state index contributed by atoms with van der Waals surface area (Å²) in [6.45, 7) is 1.83. The number of carboxylic acid groups (broad SMARTS) is 1. The predicted molar refractivity (Wildman–Crippen MR) is 69.9 cm³/mol. The first-order valence-electron chi connectivity index (χ1n) is 5.84. The fourth-order valence-electron chi connectivity index (χ4n) is 1.74. The smallest absolute Gasteiger partial charge is 0.303 e. The molecule has 0 aliphatic heterocycles. The van der Waals surface area contributed by atoms with E-state index in [9.17, 15) is 4.79 Å². The second kappa shape index (κ2) is 5.84. The van der Waals surface area contributed by atoms with Gasteiger partial charge in [0.25, 0.3) is 0 Å². The van der Waals surface area contributed by atoms with E-state index in [1.807, 2.05) is 13.0 Å². The third-order valence-electron chi connectivity index (χ3n) is 2.58. The van der Waals surface area contributed by atoms with Crippen LogP contribution < -0.4 is 0 Å². The first-order valence-corrected chi connectivity index (χ1v) is 6.22. The van der Waals surface area contributed by atoms with Crippen molar-refractivity contribution in [1.29, 1.82) is 0 Å². The maximum atomic E-state index is 10.6. The zero-order chi connectivity index (χ0) is 13.8. The molecule has 1 aromatic carbocycles. The van der Waals surface area contributed by atoms with Crippen LogP contribution in [-0.2, 0) is 11.2 Å². The fourth-order valence-corrected chi connectivity index (χ4v) is 1.93. The van der Waals surface area contributed by atoms with Gasteiger partial charge in [0.1, 0.15) is 0 Å². The minimum absolute atomic E-state index is 0.0508. The highest BCUT2D eigenvalue weighted by Gasteiger charge is 2.14. The van der Waals surface area contributed by atoms with Crippen molar-refractivity contribution in [2.75, 3.05) is 0 Å². The monoisotopic (exact) mass is 280 g/mol. The first kappa shape index (κ1) is 13.5. The van der Waals surface area contributed by atoms with Crippen LogP contribution in [0.15, 0.2) is 28.7 Å². The average molecular weight is 281 g/mol. The molecule has 0 bridgehead atoms. The van der Waals surface area contributed by atoms with Crippen LogP contribution in [0, 0.1) is 5.92 Å². The summed E-state index contributed by atoms with van der Waals surface area (Å²) in [5.41, 5.74) is 0.747. The summed E-state index contributed by atoms with van der Waals surface area (Å²) < 4.78 is 5.50. The van der Waals surface area contributed by atoms with Gasteiger partial charge in [-0.25, -0.2) is 0 Å². The van der Waals surface area contributed by atoms with Crippen molar-refractivity contribution < 1.29 is 14.3 Å². The van der Waals surface area contributed by atoms with E-state index >= 15 is 0 Å². The number of hydrogen-bond donors (Lipinski definition) is 1. The van der Waals surface area contributed by atoms with Crippen molar-refractivity contribution in [3.8, 4) is 11.5 Å². The van der Waals surface area contributed by atoms with Crippen LogP contribution in [-0.4, -0.2) is 21.3 Å². The molecule has 1 unspecified atom stereocenters. The standard InChI is InChI=1S/C13H13ClN2O3/c1-8(6-12(17)18)5-11-15-16-13(19-11)9-3-2-4-10(14)7-9/h2-4,7-8H,5-6H2,1H3,(H,17,18). The third-order valence-corrected chi connectivity index (χ3v) is 2.82. The van der Waals surface area contributed by atoms with Crippen LogP contribution in [0.4, 0.5) is 0 Å². The molecule has 19 heavy (non-hydrogen) atoms. The van der Waals surface area contributed by atoms with Crippen molar-refractivity contribution >= 4 is 17.6 Å². The second-order valence-electron chi connectivity index (χ2n) is 4.42. The minimum atomic E-state index is -0.831. The molecule has 0 saturated heterocycles. The lowest BCUT2D eigenvalue weighted by molar-refractivity contribution is -0.137. The van der Waals surface area contributed by atoms with E-state index in [4.69, 9.17) is 21.1 Å². The molecule has 0 fully saturated rings. The Labute approximate surface area is 115 Å². The summed E-state index contributed by atoms with van der Waals surface area (Å²) in [5.74, 6) is -0.0593. The molecule has 0 radical (unpaired) electrons. The van der Waals surface area contributed by atoms with Crippen molar-refractivity contribution in [2.24, 2.45) is 5.92 Å². The molecule has 0 aliphatic rings. The quantitative estimate of drug-likeness (QED) is 0.911. The molecule has 0 aliphatic carbocycles. The van der Waals surface area contributed by atoms with E-state index in [-0.39, 0.29) is 12.3 Å². The van der Waals surface area contributed by atoms with Crippen molar-refractivity contribution in [3.05, 3.63) is 35.2 Å². The number of benzene rings is 1.